The van der Waals surface area contributed by atoms with Gasteiger partial charge >= 0.3 is 0 Å². The molecule has 2 N–H and O–H groups in total. The van der Waals surface area contributed by atoms with Gasteiger partial charge in [-0.3, -0.25) is 0 Å². The lowest BCUT2D eigenvalue weighted by molar-refractivity contribution is 0.301. The Labute approximate surface area is 115 Å². The van der Waals surface area contributed by atoms with Crippen LogP contribution >= 0.6 is 0 Å². The molecule has 0 atom stereocenters. The molecule has 0 aliphatic carbocycles. The first-order valence-electron chi connectivity index (χ1n) is 7.72. The SMILES string of the molecule is CCCCCC(C)(C)CNCCCNC(C)(C)C. The lowest BCUT2D eigenvalue weighted by Gasteiger charge is -2.25. The van der Waals surface area contributed by atoms with E-state index in [0.29, 0.717) is 5.41 Å². The van der Waals surface area contributed by atoms with Gasteiger partial charge in [0.2, 0.25) is 0 Å². The van der Waals surface area contributed by atoms with Crippen LogP contribution in [-0.4, -0.2) is 25.2 Å². The summed E-state index contributed by atoms with van der Waals surface area (Å²) in [6, 6.07) is 0. The second kappa shape index (κ2) is 8.92. The van der Waals surface area contributed by atoms with Crippen LogP contribution < -0.4 is 10.6 Å². The number of rotatable bonds is 10. The molecular formula is C16H36N2. The molecular weight excluding hydrogens is 220 g/mol. The van der Waals surface area contributed by atoms with Gasteiger partial charge in [-0.05, 0) is 52.1 Å². The van der Waals surface area contributed by atoms with Gasteiger partial charge in [0, 0.05) is 12.1 Å². The van der Waals surface area contributed by atoms with Crippen molar-refractivity contribution in [3.05, 3.63) is 0 Å². The van der Waals surface area contributed by atoms with E-state index in [1.807, 2.05) is 0 Å². The molecule has 0 aliphatic heterocycles. The minimum atomic E-state index is 0.249. The fourth-order valence-electron chi connectivity index (χ4n) is 2.05. The molecule has 0 aromatic rings. The Morgan fingerprint density at radius 2 is 1.50 bits per heavy atom. The molecule has 0 heterocycles. The number of hydrogen-bond acceptors (Lipinski definition) is 2. The molecule has 18 heavy (non-hydrogen) atoms. The maximum absolute atomic E-state index is 3.60. The Morgan fingerprint density at radius 3 is 2.06 bits per heavy atom. The Morgan fingerprint density at radius 1 is 0.833 bits per heavy atom. The Bertz CT molecular complexity index is 192. The highest BCUT2D eigenvalue weighted by Gasteiger charge is 2.16. The van der Waals surface area contributed by atoms with Crippen LogP contribution in [0.3, 0.4) is 0 Å². The average Bonchev–Trinajstić information content (AvgIpc) is 2.22. The second-order valence-corrected chi connectivity index (χ2v) is 7.33. The van der Waals surface area contributed by atoms with Gasteiger partial charge in [0.25, 0.3) is 0 Å². The van der Waals surface area contributed by atoms with Crippen molar-refractivity contribution in [3.8, 4) is 0 Å². The summed E-state index contributed by atoms with van der Waals surface area (Å²) in [6.45, 7) is 17.1. The number of unbranched alkanes of at least 4 members (excludes halogenated alkanes) is 2. The van der Waals surface area contributed by atoms with Crippen LogP contribution in [0.1, 0.15) is 73.6 Å². The maximum Gasteiger partial charge on any atom is 0.00965 e. The van der Waals surface area contributed by atoms with E-state index in [9.17, 15) is 0 Å². The molecule has 0 aliphatic rings. The van der Waals surface area contributed by atoms with Crippen LogP contribution in [-0.2, 0) is 0 Å². The summed E-state index contributed by atoms with van der Waals surface area (Å²) in [5, 5.41) is 7.12. The molecule has 0 bridgehead atoms. The van der Waals surface area contributed by atoms with Crippen molar-refractivity contribution in [3.63, 3.8) is 0 Å². The number of hydrogen-bond donors (Lipinski definition) is 2. The Hall–Kier alpha value is -0.0800. The van der Waals surface area contributed by atoms with E-state index in [2.05, 4.69) is 52.2 Å². The summed E-state index contributed by atoms with van der Waals surface area (Å²) in [6.07, 6.45) is 6.62. The standard InChI is InChI=1S/C16H36N2/c1-7-8-9-11-16(5,6)14-17-12-10-13-18-15(2,3)4/h17-18H,7-14H2,1-6H3. The van der Waals surface area contributed by atoms with Gasteiger partial charge in [0.05, 0.1) is 0 Å². The summed E-state index contributed by atoms with van der Waals surface area (Å²) in [5.41, 5.74) is 0.700. The van der Waals surface area contributed by atoms with Crippen molar-refractivity contribution in [2.24, 2.45) is 5.41 Å². The summed E-state index contributed by atoms with van der Waals surface area (Å²) < 4.78 is 0. The predicted molar refractivity (Wildman–Crippen MR) is 83.2 cm³/mol. The third-order valence-electron chi connectivity index (χ3n) is 3.25. The van der Waals surface area contributed by atoms with Crippen LogP contribution in [0.5, 0.6) is 0 Å². The highest BCUT2D eigenvalue weighted by Crippen LogP contribution is 2.22. The molecule has 0 rings (SSSR count). The molecule has 0 aromatic carbocycles. The highest BCUT2D eigenvalue weighted by molar-refractivity contribution is 4.73. The van der Waals surface area contributed by atoms with Crippen molar-refractivity contribution in [2.45, 2.75) is 79.2 Å². The fourth-order valence-corrected chi connectivity index (χ4v) is 2.05. The first-order chi connectivity index (χ1) is 8.27. The van der Waals surface area contributed by atoms with Crippen molar-refractivity contribution >= 4 is 0 Å². The summed E-state index contributed by atoms with van der Waals surface area (Å²) in [5.74, 6) is 0. The lowest BCUT2D eigenvalue weighted by atomic mass is 9.87. The van der Waals surface area contributed by atoms with Crippen molar-refractivity contribution in [1.82, 2.24) is 10.6 Å². The molecule has 0 radical (unpaired) electrons. The van der Waals surface area contributed by atoms with Gasteiger partial charge in [-0.1, -0.05) is 40.0 Å². The molecule has 0 aromatic heterocycles. The fraction of sp³-hybridized carbons (Fsp3) is 1.00. The molecule has 110 valence electrons. The molecule has 0 spiro atoms. The predicted octanol–water partition coefficient (Wildman–Crippen LogP) is 3.96. The summed E-state index contributed by atoms with van der Waals surface area (Å²) in [4.78, 5) is 0. The topological polar surface area (TPSA) is 24.1 Å². The van der Waals surface area contributed by atoms with Crippen LogP contribution in [0, 0.1) is 5.41 Å². The van der Waals surface area contributed by atoms with E-state index in [4.69, 9.17) is 0 Å². The second-order valence-electron chi connectivity index (χ2n) is 7.33. The monoisotopic (exact) mass is 256 g/mol. The normalized spacial score (nSPS) is 13.0. The smallest absolute Gasteiger partial charge is 0.00965 e. The van der Waals surface area contributed by atoms with E-state index in [-0.39, 0.29) is 5.54 Å². The van der Waals surface area contributed by atoms with E-state index in [1.54, 1.807) is 0 Å². The van der Waals surface area contributed by atoms with Crippen molar-refractivity contribution in [2.75, 3.05) is 19.6 Å². The van der Waals surface area contributed by atoms with Gasteiger partial charge in [-0.15, -0.1) is 0 Å². The van der Waals surface area contributed by atoms with Gasteiger partial charge in [0.1, 0.15) is 0 Å². The van der Waals surface area contributed by atoms with E-state index in [0.717, 1.165) is 19.6 Å². The third-order valence-corrected chi connectivity index (χ3v) is 3.25. The zero-order valence-electron chi connectivity index (χ0n) is 13.7. The summed E-state index contributed by atoms with van der Waals surface area (Å²) >= 11 is 0. The first-order valence-corrected chi connectivity index (χ1v) is 7.72. The Balaban J connectivity index is 3.46. The van der Waals surface area contributed by atoms with Crippen LogP contribution in [0.25, 0.3) is 0 Å². The highest BCUT2D eigenvalue weighted by atomic mass is 14.9. The van der Waals surface area contributed by atoms with Crippen LogP contribution in [0.4, 0.5) is 0 Å². The quantitative estimate of drug-likeness (QED) is 0.578. The van der Waals surface area contributed by atoms with Gasteiger partial charge in [0.15, 0.2) is 0 Å². The van der Waals surface area contributed by atoms with E-state index < -0.39 is 0 Å². The van der Waals surface area contributed by atoms with Gasteiger partial charge in [-0.2, -0.15) is 0 Å². The number of nitrogens with one attached hydrogen (secondary N) is 2. The molecule has 0 fully saturated rings. The Kier molecular flexibility index (Phi) is 8.89. The largest absolute Gasteiger partial charge is 0.316 e. The molecule has 2 nitrogen and oxygen atoms in total. The molecule has 0 saturated carbocycles. The minimum absolute atomic E-state index is 0.249. The summed E-state index contributed by atoms with van der Waals surface area (Å²) in [7, 11) is 0. The molecule has 0 unspecified atom stereocenters. The van der Waals surface area contributed by atoms with E-state index in [1.165, 1.54) is 32.1 Å². The average molecular weight is 256 g/mol. The molecule has 0 amide bonds. The third kappa shape index (κ3) is 12.4. The van der Waals surface area contributed by atoms with Crippen LogP contribution in [0.15, 0.2) is 0 Å². The van der Waals surface area contributed by atoms with E-state index >= 15 is 0 Å². The molecule has 2 heteroatoms. The van der Waals surface area contributed by atoms with Crippen LogP contribution in [0.2, 0.25) is 0 Å². The van der Waals surface area contributed by atoms with Crippen molar-refractivity contribution < 1.29 is 0 Å². The van der Waals surface area contributed by atoms with Gasteiger partial charge < -0.3 is 10.6 Å². The molecule has 0 saturated heterocycles. The minimum Gasteiger partial charge on any atom is -0.316 e. The first kappa shape index (κ1) is 17.9. The maximum atomic E-state index is 3.60. The van der Waals surface area contributed by atoms with Gasteiger partial charge in [-0.25, -0.2) is 0 Å². The zero-order valence-corrected chi connectivity index (χ0v) is 13.7. The van der Waals surface area contributed by atoms with Crippen molar-refractivity contribution in [1.29, 1.82) is 0 Å². The lowest BCUT2D eigenvalue weighted by Crippen LogP contribution is -2.38. The zero-order chi connectivity index (χ0) is 14.1.